The van der Waals surface area contributed by atoms with Gasteiger partial charge in [-0.25, -0.2) is 0 Å². The molecule has 0 aliphatic heterocycles. The molecule has 4 heteroatoms. The molecule has 0 saturated heterocycles. The van der Waals surface area contributed by atoms with Crippen molar-refractivity contribution >= 4 is 18.7 Å². The fraction of sp³-hybridized carbons (Fsp3) is 0.417. The minimum absolute atomic E-state index is 0.0500. The molecule has 2 aromatic rings. The van der Waals surface area contributed by atoms with E-state index in [9.17, 15) is 10.2 Å². The average molecular weight is 399 g/mol. The monoisotopic (exact) mass is 398 g/mol. The van der Waals surface area contributed by atoms with Crippen LogP contribution in [0.1, 0.15) is 40.5 Å². The van der Waals surface area contributed by atoms with Crippen molar-refractivity contribution in [2.45, 2.75) is 51.2 Å². The Bertz CT molecular complexity index is 709. The van der Waals surface area contributed by atoms with E-state index in [0.717, 1.165) is 5.57 Å². The highest BCUT2D eigenvalue weighted by Crippen LogP contribution is 2.37. The standard InChI is InChI=1S/C24H34O3Si/c1-20(18-25)16-17-24(5,26)19-27-28(23(2,3)4,21-12-8-6-9-13-21)22-14-10-7-11-15-22/h6-15,25-26H,1,16-19H2,2-5H3. The topological polar surface area (TPSA) is 49.7 Å². The van der Waals surface area contributed by atoms with Gasteiger partial charge in [0.1, 0.15) is 0 Å². The predicted molar refractivity (Wildman–Crippen MR) is 120 cm³/mol. The summed E-state index contributed by atoms with van der Waals surface area (Å²) in [6, 6.07) is 20.8. The van der Waals surface area contributed by atoms with E-state index in [-0.39, 0.29) is 18.3 Å². The molecule has 0 radical (unpaired) electrons. The van der Waals surface area contributed by atoms with Crippen molar-refractivity contribution in [2.75, 3.05) is 13.2 Å². The third kappa shape index (κ3) is 5.20. The molecule has 1 unspecified atom stereocenters. The van der Waals surface area contributed by atoms with E-state index in [1.54, 1.807) is 6.92 Å². The number of rotatable bonds is 9. The predicted octanol–water partition coefficient (Wildman–Crippen LogP) is 3.64. The van der Waals surface area contributed by atoms with Gasteiger partial charge in [0.2, 0.25) is 0 Å². The molecule has 0 bridgehead atoms. The zero-order valence-electron chi connectivity index (χ0n) is 17.6. The molecular weight excluding hydrogens is 364 g/mol. The van der Waals surface area contributed by atoms with Gasteiger partial charge >= 0.3 is 0 Å². The Balaban J connectivity index is 2.43. The first-order chi connectivity index (χ1) is 13.1. The maximum absolute atomic E-state index is 11.0. The van der Waals surface area contributed by atoms with Crippen molar-refractivity contribution in [3.63, 3.8) is 0 Å². The van der Waals surface area contributed by atoms with Crippen molar-refractivity contribution in [1.29, 1.82) is 0 Å². The van der Waals surface area contributed by atoms with Crippen LogP contribution >= 0.6 is 0 Å². The average Bonchev–Trinajstić information content (AvgIpc) is 2.67. The Morgan fingerprint density at radius 2 is 1.39 bits per heavy atom. The first-order valence-electron chi connectivity index (χ1n) is 9.87. The minimum atomic E-state index is -2.66. The quantitative estimate of drug-likeness (QED) is 0.501. The van der Waals surface area contributed by atoms with Gasteiger partial charge in [-0.15, -0.1) is 0 Å². The summed E-state index contributed by atoms with van der Waals surface area (Å²) in [5.41, 5.74) is -0.267. The highest BCUT2D eigenvalue weighted by Gasteiger charge is 2.50. The zero-order valence-corrected chi connectivity index (χ0v) is 18.6. The largest absolute Gasteiger partial charge is 0.404 e. The summed E-state index contributed by atoms with van der Waals surface area (Å²) in [5.74, 6) is 0. The van der Waals surface area contributed by atoms with E-state index in [4.69, 9.17) is 4.43 Å². The number of aliphatic hydroxyl groups excluding tert-OH is 1. The fourth-order valence-electron chi connectivity index (χ4n) is 3.62. The van der Waals surface area contributed by atoms with Crippen LogP contribution in [0.3, 0.4) is 0 Å². The molecule has 0 spiro atoms. The smallest absolute Gasteiger partial charge is 0.261 e. The lowest BCUT2D eigenvalue weighted by atomic mass is 9.99. The van der Waals surface area contributed by atoms with E-state index >= 15 is 0 Å². The Morgan fingerprint density at radius 3 is 1.79 bits per heavy atom. The van der Waals surface area contributed by atoms with Crippen LogP contribution in [0.25, 0.3) is 0 Å². The second kappa shape index (κ2) is 9.18. The van der Waals surface area contributed by atoms with E-state index in [1.165, 1.54) is 10.4 Å². The minimum Gasteiger partial charge on any atom is -0.404 e. The molecule has 0 saturated carbocycles. The second-order valence-electron chi connectivity index (χ2n) is 8.86. The van der Waals surface area contributed by atoms with Gasteiger partial charge in [-0.3, -0.25) is 0 Å². The van der Waals surface area contributed by atoms with Crippen molar-refractivity contribution < 1.29 is 14.6 Å². The van der Waals surface area contributed by atoms with Crippen LogP contribution < -0.4 is 10.4 Å². The molecule has 2 rings (SSSR count). The molecule has 0 aliphatic carbocycles. The summed E-state index contributed by atoms with van der Waals surface area (Å²) >= 11 is 0. The van der Waals surface area contributed by atoms with Crippen molar-refractivity contribution in [1.82, 2.24) is 0 Å². The lowest BCUT2D eigenvalue weighted by Crippen LogP contribution is -2.67. The first-order valence-corrected chi connectivity index (χ1v) is 11.8. The van der Waals surface area contributed by atoms with E-state index in [1.807, 2.05) is 12.1 Å². The van der Waals surface area contributed by atoms with Crippen molar-refractivity contribution in [2.24, 2.45) is 0 Å². The SMILES string of the molecule is C=C(CO)CCC(C)(O)CO[Si](c1ccccc1)(c1ccccc1)C(C)(C)C. The molecule has 0 fully saturated rings. The van der Waals surface area contributed by atoms with Gasteiger partial charge in [-0.2, -0.15) is 0 Å². The highest BCUT2D eigenvalue weighted by molar-refractivity contribution is 6.99. The molecule has 152 valence electrons. The van der Waals surface area contributed by atoms with Crippen LogP contribution in [0.15, 0.2) is 72.8 Å². The van der Waals surface area contributed by atoms with Crippen LogP contribution in [0, 0.1) is 0 Å². The van der Waals surface area contributed by atoms with Crippen LogP contribution in [0.4, 0.5) is 0 Å². The Morgan fingerprint density at radius 1 is 0.929 bits per heavy atom. The summed E-state index contributed by atoms with van der Waals surface area (Å²) in [5, 5.41) is 22.4. The lowest BCUT2D eigenvalue weighted by Gasteiger charge is -2.44. The molecule has 2 aromatic carbocycles. The number of benzene rings is 2. The summed E-state index contributed by atoms with van der Waals surface area (Å²) < 4.78 is 6.79. The van der Waals surface area contributed by atoms with E-state index in [0.29, 0.717) is 12.8 Å². The summed E-state index contributed by atoms with van der Waals surface area (Å²) in [7, 11) is -2.66. The summed E-state index contributed by atoms with van der Waals surface area (Å²) in [4.78, 5) is 0. The maximum Gasteiger partial charge on any atom is 0.261 e. The molecule has 0 amide bonds. The maximum atomic E-state index is 11.0. The van der Waals surface area contributed by atoms with E-state index in [2.05, 4.69) is 75.9 Å². The Kier molecular flexibility index (Phi) is 7.40. The Labute approximate surface area is 170 Å². The summed E-state index contributed by atoms with van der Waals surface area (Å²) in [6.07, 6.45) is 1.08. The fourth-order valence-corrected chi connectivity index (χ4v) is 8.31. The number of aliphatic hydroxyl groups is 2. The van der Waals surface area contributed by atoms with Crippen LogP contribution in [0.5, 0.6) is 0 Å². The van der Waals surface area contributed by atoms with Crippen molar-refractivity contribution in [3.8, 4) is 0 Å². The molecule has 0 heterocycles. The highest BCUT2D eigenvalue weighted by atomic mass is 28.4. The van der Waals surface area contributed by atoms with Gasteiger partial charge < -0.3 is 14.6 Å². The first kappa shape index (κ1) is 22.6. The molecule has 3 nitrogen and oxygen atoms in total. The molecule has 1 atom stereocenters. The summed E-state index contributed by atoms with van der Waals surface area (Å²) in [6.45, 7) is 12.5. The van der Waals surface area contributed by atoms with Crippen LogP contribution in [-0.4, -0.2) is 37.3 Å². The molecule has 2 N–H and O–H groups in total. The third-order valence-electron chi connectivity index (χ3n) is 5.26. The second-order valence-corrected chi connectivity index (χ2v) is 13.2. The molecule has 0 aliphatic rings. The van der Waals surface area contributed by atoms with E-state index < -0.39 is 13.9 Å². The molecule has 0 aromatic heterocycles. The van der Waals surface area contributed by atoms with Gasteiger partial charge in [-0.1, -0.05) is 93.6 Å². The van der Waals surface area contributed by atoms with Gasteiger partial charge in [0, 0.05) is 0 Å². The lowest BCUT2D eigenvalue weighted by molar-refractivity contribution is 0.000922. The Hall–Kier alpha value is -1.72. The molecule has 28 heavy (non-hydrogen) atoms. The van der Waals surface area contributed by atoms with Gasteiger partial charge in [0.15, 0.2) is 0 Å². The van der Waals surface area contributed by atoms with Crippen LogP contribution in [-0.2, 0) is 4.43 Å². The van der Waals surface area contributed by atoms with Gasteiger partial charge in [0.25, 0.3) is 8.32 Å². The van der Waals surface area contributed by atoms with Gasteiger partial charge in [0.05, 0.1) is 18.8 Å². The normalized spacial score (nSPS) is 14.5. The zero-order chi connectivity index (χ0) is 20.8. The van der Waals surface area contributed by atoms with Gasteiger partial charge in [-0.05, 0) is 35.2 Å². The third-order valence-corrected chi connectivity index (χ3v) is 10.2. The number of hydrogen-bond acceptors (Lipinski definition) is 3. The molecular formula is C24H34O3Si. The number of hydrogen-bond donors (Lipinski definition) is 2. The van der Waals surface area contributed by atoms with Crippen LogP contribution in [0.2, 0.25) is 5.04 Å². The van der Waals surface area contributed by atoms with Crippen molar-refractivity contribution in [3.05, 3.63) is 72.8 Å².